The second-order valence-corrected chi connectivity index (χ2v) is 6.93. The van der Waals surface area contributed by atoms with Crippen LogP contribution in [0.1, 0.15) is 72.6 Å². The Labute approximate surface area is 122 Å². The predicted molar refractivity (Wildman–Crippen MR) is 79.6 cm³/mol. The highest BCUT2D eigenvalue weighted by molar-refractivity contribution is 5.81. The zero-order valence-corrected chi connectivity index (χ0v) is 13.3. The van der Waals surface area contributed by atoms with Crippen molar-refractivity contribution in [1.29, 1.82) is 0 Å². The van der Waals surface area contributed by atoms with E-state index in [4.69, 9.17) is 4.74 Å². The first kappa shape index (κ1) is 17.0. The summed E-state index contributed by atoms with van der Waals surface area (Å²) in [5.41, 5.74) is -0.297. The number of ether oxygens (including phenoxy) is 1. The molecule has 4 heteroatoms. The van der Waals surface area contributed by atoms with Crippen molar-refractivity contribution in [2.24, 2.45) is 5.92 Å². The van der Waals surface area contributed by atoms with Crippen molar-refractivity contribution in [3.05, 3.63) is 0 Å². The topological polar surface area (TPSA) is 55.4 Å². The lowest BCUT2D eigenvalue weighted by Crippen LogP contribution is -2.42. The lowest BCUT2D eigenvalue weighted by Gasteiger charge is -2.23. The van der Waals surface area contributed by atoms with Gasteiger partial charge in [-0.1, -0.05) is 19.3 Å². The van der Waals surface area contributed by atoms with Gasteiger partial charge < -0.3 is 10.1 Å². The first-order valence-corrected chi connectivity index (χ1v) is 7.79. The van der Waals surface area contributed by atoms with Crippen LogP contribution in [0.2, 0.25) is 0 Å². The van der Waals surface area contributed by atoms with E-state index in [1.54, 1.807) is 0 Å². The summed E-state index contributed by atoms with van der Waals surface area (Å²) in [5, 5.41) is 2.75. The number of nitrogens with one attached hydrogen (secondary N) is 1. The van der Waals surface area contributed by atoms with Crippen LogP contribution in [0.5, 0.6) is 0 Å². The summed E-state index contributed by atoms with van der Waals surface area (Å²) in [6, 6.07) is 0. The molecule has 1 N–H and O–H groups in total. The molecule has 1 aliphatic carbocycles. The van der Waals surface area contributed by atoms with Crippen molar-refractivity contribution in [3.63, 3.8) is 0 Å². The maximum absolute atomic E-state index is 12.1. The molecule has 0 aromatic heterocycles. The van der Waals surface area contributed by atoms with Gasteiger partial charge in [0.25, 0.3) is 0 Å². The number of ketones is 1. The molecule has 1 atom stereocenters. The summed E-state index contributed by atoms with van der Waals surface area (Å²) in [4.78, 5) is 23.7. The summed E-state index contributed by atoms with van der Waals surface area (Å²) in [6.45, 7) is 7.57. The summed E-state index contributed by atoms with van der Waals surface area (Å²) >= 11 is 0. The van der Waals surface area contributed by atoms with Gasteiger partial charge in [0.05, 0.1) is 0 Å². The molecule has 1 amide bonds. The minimum absolute atomic E-state index is 0.218. The Morgan fingerprint density at radius 1 is 1.20 bits per heavy atom. The van der Waals surface area contributed by atoms with E-state index in [0.29, 0.717) is 18.6 Å². The summed E-state index contributed by atoms with van der Waals surface area (Å²) < 4.78 is 5.26. The van der Waals surface area contributed by atoms with Crippen LogP contribution >= 0.6 is 0 Å². The molecule has 0 saturated heterocycles. The molecule has 20 heavy (non-hydrogen) atoms. The van der Waals surface area contributed by atoms with E-state index in [-0.39, 0.29) is 17.6 Å². The minimum Gasteiger partial charge on any atom is -0.447 e. The van der Waals surface area contributed by atoms with Crippen molar-refractivity contribution < 1.29 is 14.3 Å². The zero-order chi connectivity index (χ0) is 15.2. The van der Waals surface area contributed by atoms with Gasteiger partial charge in [-0.3, -0.25) is 4.79 Å². The molecule has 1 rings (SSSR count). The van der Waals surface area contributed by atoms with Gasteiger partial charge in [0, 0.05) is 17.9 Å². The maximum Gasteiger partial charge on any atom is 0.407 e. The first-order chi connectivity index (χ1) is 9.28. The molecule has 0 bridgehead atoms. The molecule has 1 aliphatic rings. The molecule has 0 unspecified atom stereocenters. The molecular formula is C16H29NO3. The van der Waals surface area contributed by atoms with Gasteiger partial charge in [0.15, 0.2) is 0 Å². The smallest absolute Gasteiger partial charge is 0.407 e. The molecule has 0 aliphatic heterocycles. The van der Waals surface area contributed by atoms with Crippen molar-refractivity contribution >= 4 is 11.9 Å². The van der Waals surface area contributed by atoms with Gasteiger partial charge in [-0.25, -0.2) is 4.79 Å². The van der Waals surface area contributed by atoms with Crippen LogP contribution in [0.15, 0.2) is 0 Å². The molecule has 0 spiro atoms. The molecule has 0 aromatic carbocycles. The highest BCUT2D eigenvalue weighted by atomic mass is 16.6. The molecule has 1 fully saturated rings. The SMILES string of the molecule is C[C@@H](CCC(=O)C1CCCCC1)OC(=O)NC(C)(C)C. The summed E-state index contributed by atoms with van der Waals surface area (Å²) in [7, 11) is 0. The third-order valence-electron chi connectivity index (χ3n) is 3.64. The highest BCUT2D eigenvalue weighted by Crippen LogP contribution is 2.25. The third-order valence-corrected chi connectivity index (χ3v) is 3.64. The van der Waals surface area contributed by atoms with Gasteiger partial charge in [-0.2, -0.15) is 0 Å². The first-order valence-electron chi connectivity index (χ1n) is 7.79. The van der Waals surface area contributed by atoms with Crippen LogP contribution in [-0.2, 0) is 9.53 Å². The average molecular weight is 283 g/mol. The van der Waals surface area contributed by atoms with Crippen LogP contribution in [0, 0.1) is 5.92 Å². The maximum atomic E-state index is 12.1. The Balaban J connectivity index is 2.23. The Kier molecular flexibility index (Phi) is 6.50. The van der Waals surface area contributed by atoms with Crippen molar-refractivity contribution in [2.45, 2.75) is 84.3 Å². The largest absolute Gasteiger partial charge is 0.447 e. The third kappa shape index (κ3) is 6.92. The highest BCUT2D eigenvalue weighted by Gasteiger charge is 2.22. The quantitative estimate of drug-likeness (QED) is 0.834. The molecule has 0 aromatic rings. The average Bonchev–Trinajstić information content (AvgIpc) is 2.34. The number of alkyl carbamates (subject to hydrolysis) is 1. The van der Waals surface area contributed by atoms with E-state index in [1.807, 2.05) is 27.7 Å². The zero-order valence-electron chi connectivity index (χ0n) is 13.3. The van der Waals surface area contributed by atoms with Crippen molar-refractivity contribution in [2.75, 3.05) is 0 Å². The lowest BCUT2D eigenvalue weighted by molar-refractivity contribution is -0.124. The van der Waals surface area contributed by atoms with Crippen LogP contribution in [0.25, 0.3) is 0 Å². The predicted octanol–water partition coefficient (Wildman–Crippen LogP) is 3.83. The Hall–Kier alpha value is -1.06. The number of hydrogen-bond acceptors (Lipinski definition) is 3. The number of rotatable bonds is 5. The summed E-state index contributed by atoms with van der Waals surface area (Å²) in [5.74, 6) is 0.593. The fourth-order valence-corrected chi connectivity index (χ4v) is 2.55. The van der Waals surface area contributed by atoms with Gasteiger partial charge >= 0.3 is 6.09 Å². The Morgan fingerprint density at radius 3 is 2.35 bits per heavy atom. The van der Waals surface area contributed by atoms with E-state index in [1.165, 1.54) is 19.3 Å². The van der Waals surface area contributed by atoms with Gasteiger partial charge in [-0.15, -0.1) is 0 Å². The van der Waals surface area contributed by atoms with Gasteiger partial charge in [0.1, 0.15) is 11.9 Å². The van der Waals surface area contributed by atoms with Crippen molar-refractivity contribution in [1.82, 2.24) is 5.32 Å². The molecule has 4 nitrogen and oxygen atoms in total. The standard InChI is InChI=1S/C16H29NO3/c1-12(20-15(19)17-16(2,3)4)10-11-14(18)13-8-6-5-7-9-13/h12-13H,5-11H2,1-4H3,(H,17,19)/t12-/m0/s1. The molecule has 1 saturated carbocycles. The number of hydrogen-bond donors (Lipinski definition) is 1. The fourth-order valence-electron chi connectivity index (χ4n) is 2.55. The fraction of sp³-hybridized carbons (Fsp3) is 0.875. The van der Waals surface area contributed by atoms with Gasteiger partial charge in [-0.05, 0) is 47.0 Å². The summed E-state index contributed by atoms with van der Waals surface area (Å²) in [6.07, 6.45) is 6.21. The van der Waals surface area contributed by atoms with E-state index >= 15 is 0 Å². The molecule has 0 radical (unpaired) electrons. The number of carbonyl (C=O) groups is 2. The molecule has 116 valence electrons. The second-order valence-electron chi connectivity index (χ2n) is 6.93. The Bertz CT molecular complexity index is 327. The normalized spacial score (nSPS) is 18.4. The minimum atomic E-state index is -0.407. The van der Waals surface area contributed by atoms with Crippen molar-refractivity contribution in [3.8, 4) is 0 Å². The van der Waals surface area contributed by atoms with Crippen LogP contribution in [-0.4, -0.2) is 23.5 Å². The number of carbonyl (C=O) groups excluding carboxylic acids is 2. The molecular weight excluding hydrogens is 254 g/mol. The number of amides is 1. The van der Waals surface area contributed by atoms with E-state index in [2.05, 4.69) is 5.32 Å². The number of Topliss-reactive ketones (excluding diaryl/α,β-unsaturated/α-hetero) is 1. The van der Waals surface area contributed by atoms with Gasteiger partial charge in [0.2, 0.25) is 0 Å². The Morgan fingerprint density at radius 2 is 1.80 bits per heavy atom. The molecule has 0 heterocycles. The van der Waals surface area contributed by atoms with E-state index in [0.717, 1.165) is 12.8 Å². The second kappa shape index (κ2) is 7.65. The van der Waals surface area contributed by atoms with Crippen LogP contribution in [0.4, 0.5) is 4.79 Å². The van der Waals surface area contributed by atoms with Crippen LogP contribution in [0.3, 0.4) is 0 Å². The van der Waals surface area contributed by atoms with E-state index in [9.17, 15) is 9.59 Å². The van der Waals surface area contributed by atoms with E-state index < -0.39 is 6.09 Å². The van der Waals surface area contributed by atoms with Crippen LogP contribution < -0.4 is 5.32 Å². The monoisotopic (exact) mass is 283 g/mol. The lowest BCUT2D eigenvalue weighted by atomic mass is 9.84.